The minimum atomic E-state index is 0.712. The van der Waals surface area contributed by atoms with E-state index < -0.39 is 0 Å². The van der Waals surface area contributed by atoms with Crippen molar-refractivity contribution in [3.05, 3.63) is 0 Å². The van der Waals surface area contributed by atoms with Gasteiger partial charge in [0.05, 0.1) is 0 Å². The van der Waals surface area contributed by atoms with E-state index in [4.69, 9.17) is 0 Å². The summed E-state index contributed by atoms with van der Waals surface area (Å²) >= 11 is 0. The highest BCUT2D eigenvalue weighted by Crippen LogP contribution is 2.41. The van der Waals surface area contributed by atoms with Gasteiger partial charge >= 0.3 is 0 Å². The van der Waals surface area contributed by atoms with Crippen molar-refractivity contribution in [2.75, 3.05) is 46.3 Å². The predicted octanol–water partition coefficient (Wildman–Crippen LogP) is 1.11. The maximum absolute atomic E-state index is 2.75. The van der Waals surface area contributed by atoms with Gasteiger partial charge in [-0.15, -0.1) is 0 Å². The first kappa shape index (κ1) is 11.9. The summed E-state index contributed by atoms with van der Waals surface area (Å²) in [5.74, 6) is 0. The van der Waals surface area contributed by atoms with Crippen molar-refractivity contribution >= 4 is 0 Å². The van der Waals surface area contributed by atoms with Gasteiger partial charge in [-0.05, 0) is 46.8 Å². The van der Waals surface area contributed by atoms with E-state index >= 15 is 0 Å². The molecular formula is C14H27N3. The Balaban J connectivity index is 1.43. The zero-order chi connectivity index (χ0) is 12.0. The highest BCUT2D eigenvalue weighted by Gasteiger charge is 2.51. The van der Waals surface area contributed by atoms with E-state index in [1.54, 1.807) is 0 Å². The highest BCUT2D eigenvalue weighted by atomic mass is 15.3. The van der Waals surface area contributed by atoms with E-state index in [1.807, 2.05) is 0 Å². The Morgan fingerprint density at radius 2 is 1.59 bits per heavy atom. The van der Waals surface area contributed by atoms with Crippen LogP contribution in [0.15, 0.2) is 0 Å². The lowest BCUT2D eigenvalue weighted by Gasteiger charge is -2.62. The molecule has 0 aromatic carbocycles. The van der Waals surface area contributed by atoms with Crippen molar-refractivity contribution < 1.29 is 0 Å². The van der Waals surface area contributed by atoms with Gasteiger partial charge in [-0.3, -0.25) is 4.90 Å². The van der Waals surface area contributed by atoms with Gasteiger partial charge in [0.15, 0.2) is 0 Å². The van der Waals surface area contributed by atoms with Crippen LogP contribution in [-0.2, 0) is 0 Å². The fraction of sp³-hybridized carbons (Fsp3) is 1.00. The predicted molar refractivity (Wildman–Crippen MR) is 71.2 cm³/mol. The molecule has 0 radical (unpaired) electrons. The normalized spacial score (nSPS) is 31.8. The van der Waals surface area contributed by atoms with Crippen LogP contribution in [0.2, 0.25) is 0 Å². The van der Waals surface area contributed by atoms with Crippen molar-refractivity contribution in [1.82, 2.24) is 14.7 Å². The molecule has 3 heteroatoms. The van der Waals surface area contributed by atoms with Crippen LogP contribution in [0.3, 0.4) is 0 Å². The molecule has 0 bridgehead atoms. The first-order valence-electron chi connectivity index (χ1n) is 7.25. The molecule has 3 saturated heterocycles. The third-order valence-electron chi connectivity index (χ3n) is 5.03. The van der Waals surface area contributed by atoms with Crippen LogP contribution in [0.1, 0.15) is 26.7 Å². The molecule has 3 fully saturated rings. The minimum Gasteiger partial charge on any atom is -0.305 e. The molecule has 0 saturated carbocycles. The van der Waals surface area contributed by atoms with Crippen LogP contribution >= 0.6 is 0 Å². The first-order valence-corrected chi connectivity index (χ1v) is 7.25. The van der Waals surface area contributed by atoms with E-state index in [9.17, 15) is 0 Å². The molecule has 0 N–H and O–H groups in total. The van der Waals surface area contributed by atoms with Crippen LogP contribution in [0, 0.1) is 5.41 Å². The minimum absolute atomic E-state index is 0.712. The molecule has 3 aliphatic heterocycles. The SMILES string of the molecule is CC(C)N1CCC(N2CC3(CN(C)C3)C2)CC1. The summed E-state index contributed by atoms with van der Waals surface area (Å²) in [5, 5.41) is 0. The molecule has 0 aliphatic carbocycles. The number of likely N-dealkylation sites (tertiary alicyclic amines) is 3. The Labute approximate surface area is 106 Å². The molecule has 98 valence electrons. The van der Waals surface area contributed by atoms with E-state index in [-0.39, 0.29) is 0 Å². The van der Waals surface area contributed by atoms with Gasteiger partial charge in [0, 0.05) is 43.7 Å². The molecule has 0 aromatic heterocycles. The molecule has 0 unspecified atom stereocenters. The molecule has 1 spiro atoms. The Kier molecular flexibility index (Phi) is 2.96. The van der Waals surface area contributed by atoms with Crippen LogP contribution in [-0.4, -0.2) is 73.1 Å². The second-order valence-corrected chi connectivity index (χ2v) is 6.94. The summed E-state index contributed by atoms with van der Waals surface area (Å²) < 4.78 is 0. The fourth-order valence-corrected chi connectivity index (χ4v) is 4.14. The first-order chi connectivity index (χ1) is 8.08. The molecule has 3 rings (SSSR count). The van der Waals surface area contributed by atoms with E-state index in [1.165, 1.54) is 52.1 Å². The molecule has 3 heterocycles. The highest BCUT2D eigenvalue weighted by molar-refractivity contribution is 5.06. The summed E-state index contributed by atoms with van der Waals surface area (Å²) in [6.07, 6.45) is 2.79. The molecule has 0 aromatic rings. The van der Waals surface area contributed by atoms with Gasteiger partial charge < -0.3 is 9.80 Å². The number of rotatable bonds is 2. The topological polar surface area (TPSA) is 9.72 Å². The van der Waals surface area contributed by atoms with Crippen molar-refractivity contribution in [2.45, 2.75) is 38.8 Å². The Hall–Kier alpha value is -0.120. The lowest BCUT2D eigenvalue weighted by atomic mass is 9.72. The van der Waals surface area contributed by atoms with Gasteiger partial charge in [0.2, 0.25) is 0 Å². The maximum Gasteiger partial charge on any atom is 0.0212 e. The average molecular weight is 237 g/mol. The summed E-state index contributed by atoms with van der Waals surface area (Å²) in [5.41, 5.74) is 0.712. The summed E-state index contributed by atoms with van der Waals surface area (Å²) in [6, 6.07) is 1.63. The monoisotopic (exact) mass is 237 g/mol. The summed E-state index contributed by atoms with van der Waals surface area (Å²) in [4.78, 5) is 7.84. The maximum atomic E-state index is 2.75. The van der Waals surface area contributed by atoms with Gasteiger partial charge in [-0.25, -0.2) is 0 Å². The molecule has 0 amide bonds. The van der Waals surface area contributed by atoms with Crippen LogP contribution < -0.4 is 0 Å². The Bertz CT molecular complexity index is 267. The summed E-state index contributed by atoms with van der Waals surface area (Å²) in [7, 11) is 2.25. The van der Waals surface area contributed by atoms with Crippen molar-refractivity contribution in [3.8, 4) is 0 Å². The number of nitrogens with zero attached hydrogens (tertiary/aromatic N) is 3. The van der Waals surface area contributed by atoms with Gasteiger partial charge in [-0.2, -0.15) is 0 Å². The Morgan fingerprint density at radius 3 is 2.06 bits per heavy atom. The second-order valence-electron chi connectivity index (χ2n) is 6.94. The molecule has 0 atom stereocenters. The van der Waals surface area contributed by atoms with Gasteiger partial charge in [-0.1, -0.05) is 0 Å². The third kappa shape index (κ3) is 2.13. The van der Waals surface area contributed by atoms with Crippen molar-refractivity contribution in [2.24, 2.45) is 5.41 Å². The largest absolute Gasteiger partial charge is 0.305 e. The van der Waals surface area contributed by atoms with Crippen LogP contribution in [0.4, 0.5) is 0 Å². The molecule has 3 nitrogen and oxygen atoms in total. The third-order valence-corrected chi connectivity index (χ3v) is 5.03. The fourth-order valence-electron chi connectivity index (χ4n) is 4.14. The second kappa shape index (κ2) is 4.22. The smallest absolute Gasteiger partial charge is 0.0212 e. The average Bonchev–Trinajstić information content (AvgIpc) is 2.21. The van der Waals surface area contributed by atoms with E-state index in [2.05, 4.69) is 35.6 Å². The van der Waals surface area contributed by atoms with E-state index in [0.717, 1.165) is 12.1 Å². The zero-order valence-corrected chi connectivity index (χ0v) is 11.7. The number of hydrogen-bond acceptors (Lipinski definition) is 3. The zero-order valence-electron chi connectivity index (χ0n) is 11.7. The van der Waals surface area contributed by atoms with Crippen molar-refractivity contribution in [1.29, 1.82) is 0 Å². The molecule has 17 heavy (non-hydrogen) atoms. The van der Waals surface area contributed by atoms with E-state index in [0.29, 0.717) is 5.41 Å². The Morgan fingerprint density at radius 1 is 1.00 bits per heavy atom. The molecular weight excluding hydrogens is 210 g/mol. The summed E-state index contributed by atoms with van der Waals surface area (Å²) in [6.45, 7) is 12.7. The quantitative estimate of drug-likeness (QED) is 0.712. The van der Waals surface area contributed by atoms with Gasteiger partial charge in [0.1, 0.15) is 0 Å². The number of piperidine rings is 1. The van der Waals surface area contributed by atoms with Crippen LogP contribution in [0.5, 0.6) is 0 Å². The number of hydrogen-bond donors (Lipinski definition) is 0. The lowest BCUT2D eigenvalue weighted by molar-refractivity contribution is -0.128. The van der Waals surface area contributed by atoms with Crippen LogP contribution in [0.25, 0.3) is 0 Å². The lowest BCUT2D eigenvalue weighted by Crippen LogP contribution is -2.73. The van der Waals surface area contributed by atoms with Gasteiger partial charge in [0.25, 0.3) is 0 Å². The standard InChI is InChI=1S/C14H27N3/c1-12(2)16-6-4-13(5-7-16)17-10-14(11-17)8-15(3)9-14/h12-13H,4-11H2,1-3H3. The van der Waals surface area contributed by atoms with Crippen molar-refractivity contribution in [3.63, 3.8) is 0 Å². The molecule has 3 aliphatic rings.